The number of hydrogen-bond acceptors (Lipinski definition) is 6. The first-order valence-electron chi connectivity index (χ1n) is 7.99. The lowest BCUT2D eigenvalue weighted by Gasteiger charge is -2.04. The Kier molecular flexibility index (Phi) is 6.15. The van der Waals surface area contributed by atoms with Crippen molar-refractivity contribution in [1.82, 2.24) is 19.9 Å². The van der Waals surface area contributed by atoms with Crippen LogP contribution in [0.2, 0.25) is 10.0 Å². The summed E-state index contributed by atoms with van der Waals surface area (Å²) < 4.78 is 1.59. The Morgan fingerprint density at radius 2 is 2.07 bits per heavy atom. The number of rotatable bonds is 7. The second-order valence-electron chi connectivity index (χ2n) is 5.64. The number of imidazole rings is 1. The summed E-state index contributed by atoms with van der Waals surface area (Å²) in [6.45, 7) is 2.23. The molecule has 0 saturated carbocycles. The molecule has 11 heteroatoms. The fourth-order valence-electron chi connectivity index (χ4n) is 2.22. The highest BCUT2D eigenvalue weighted by Crippen LogP contribution is 2.24. The Hall–Kier alpha value is -2.36. The standard InChI is InChI=1S/C16H16Cl2N6O2S/c1-9(25)19-5-4-14(26)21-13-8-24-16(22-13)27-15(23-24)20-7-10-2-3-11(17)12(18)6-10/h2-3,6,8H,4-5,7H2,1H3,(H,19,25)(H,20,23)(H,21,26). The van der Waals surface area contributed by atoms with E-state index in [2.05, 4.69) is 26.0 Å². The van der Waals surface area contributed by atoms with Crippen molar-refractivity contribution < 1.29 is 9.59 Å². The van der Waals surface area contributed by atoms with E-state index in [0.717, 1.165) is 5.56 Å². The molecule has 1 aromatic carbocycles. The number of anilines is 2. The summed E-state index contributed by atoms with van der Waals surface area (Å²) in [5, 5.41) is 14.5. The molecular weight excluding hydrogens is 411 g/mol. The van der Waals surface area contributed by atoms with Crippen LogP contribution >= 0.6 is 34.5 Å². The zero-order chi connectivity index (χ0) is 19.4. The maximum Gasteiger partial charge on any atom is 0.227 e. The fourth-order valence-corrected chi connectivity index (χ4v) is 3.31. The molecule has 0 atom stereocenters. The van der Waals surface area contributed by atoms with E-state index in [1.54, 1.807) is 22.8 Å². The van der Waals surface area contributed by atoms with Crippen LogP contribution in [-0.2, 0) is 16.1 Å². The third-order valence-corrected chi connectivity index (χ3v) is 5.08. The summed E-state index contributed by atoms with van der Waals surface area (Å²) in [5.74, 6) is 0.0143. The molecule has 2 amide bonds. The molecule has 2 aromatic heterocycles. The van der Waals surface area contributed by atoms with Crippen molar-refractivity contribution in [2.24, 2.45) is 0 Å². The number of benzene rings is 1. The zero-order valence-corrected chi connectivity index (χ0v) is 16.6. The zero-order valence-electron chi connectivity index (χ0n) is 14.3. The summed E-state index contributed by atoms with van der Waals surface area (Å²) in [7, 11) is 0. The molecule has 3 rings (SSSR count). The Bertz CT molecular complexity index is 955. The molecule has 0 aliphatic rings. The molecule has 0 aliphatic heterocycles. The molecule has 0 saturated heterocycles. The van der Waals surface area contributed by atoms with Gasteiger partial charge >= 0.3 is 0 Å². The lowest BCUT2D eigenvalue weighted by molar-refractivity contribution is -0.119. The second-order valence-corrected chi connectivity index (χ2v) is 7.41. The number of carbonyl (C=O) groups excluding carboxylic acids is 2. The van der Waals surface area contributed by atoms with E-state index in [1.807, 2.05) is 6.07 Å². The maximum absolute atomic E-state index is 11.8. The Morgan fingerprint density at radius 1 is 1.26 bits per heavy atom. The van der Waals surface area contributed by atoms with Gasteiger partial charge in [-0.05, 0) is 17.7 Å². The molecule has 2 heterocycles. The van der Waals surface area contributed by atoms with Gasteiger partial charge in [0.05, 0.1) is 16.2 Å². The molecule has 0 radical (unpaired) electrons. The minimum atomic E-state index is -0.229. The first-order chi connectivity index (χ1) is 12.9. The van der Waals surface area contributed by atoms with E-state index in [9.17, 15) is 9.59 Å². The minimum Gasteiger partial charge on any atom is -0.356 e. The van der Waals surface area contributed by atoms with Crippen LogP contribution in [0, 0.1) is 0 Å². The van der Waals surface area contributed by atoms with E-state index >= 15 is 0 Å². The van der Waals surface area contributed by atoms with Crippen LogP contribution in [0.4, 0.5) is 10.9 Å². The Morgan fingerprint density at radius 3 is 2.78 bits per heavy atom. The summed E-state index contributed by atoms with van der Waals surface area (Å²) >= 11 is 13.3. The van der Waals surface area contributed by atoms with Gasteiger partial charge in [0.2, 0.25) is 21.9 Å². The molecular formula is C16H16Cl2N6O2S. The number of nitrogens with zero attached hydrogens (tertiary/aromatic N) is 3. The van der Waals surface area contributed by atoms with Crippen molar-refractivity contribution in [2.45, 2.75) is 19.9 Å². The van der Waals surface area contributed by atoms with Gasteiger partial charge in [-0.2, -0.15) is 4.98 Å². The van der Waals surface area contributed by atoms with Gasteiger partial charge in [0.25, 0.3) is 0 Å². The summed E-state index contributed by atoms with van der Waals surface area (Å²) in [6.07, 6.45) is 1.81. The summed E-state index contributed by atoms with van der Waals surface area (Å²) in [5.41, 5.74) is 0.976. The maximum atomic E-state index is 11.8. The monoisotopic (exact) mass is 426 g/mol. The average Bonchev–Trinajstić information content (AvgIpc) is 3.13. The van der Waals surface area contributed by atoms with Crippen molar-refractivity contribution in [3.05, 3.63) is 40.0 Å². The Labute approximate surface area is 168 Å². The molecule has 0 unspecified atom stereocenters. The quantitative estimate of drug-likeness (QED) is 0.538. The van der Waals surface area contributed by atoms with Crippen LogP contribution < -0.4 is 16.0 Å². The van der Waals surface area contributed by atoms with Gasteiger partial charge in [-0.15, -0.1) is 5.10 Å². The highest BCUT2D eigenvalue weighted by molar-refractivity contribution is 7.20. The molecule has 8 nitrogen and oxygen atoms in total. The molecule has 142 valence electrons. The number of amides is 2. The number of halogens is 2. The molecule has 3 aromatic rings. The van der Waals surface area contributed by atoms with Crippen LogP contribution in [0.5, 0.6) is 0 Å². The predicted octanol–water partition coefficient (Wildman–Crippen LogP) is 3.17. The third-order valence-electron chi connectivity index (χ3n) is 3.46. The van der Waals surface area contributed by atoms with E-state index in [0.29, 0.717) is 32.5 Å². The summed E-state index contributed by atoms with van der Waals surface area (Å²) in [6, 6.07) is 5.43. The van der Waals surface area contributed by atoms with Gasteiger partial charge in [0, 0.05) is 26.4 Å². The first-order valence-corrected chi connectivity index (χ1v) is 9.56. The van der Waals surface area contributed by atoms with Crippen molar-refractivity contribution in [3.63, 3.8) is 0 Å². The SMILES string of the molecule is CC(=O)NCCC(=O)Nc1cn2nc(NCc3ccc(Cl)c(Cl)c3)sc2n1. The smallest absolute Gasteiger partial charge is 0.227 e. The van der Waals surface area contributed by atoms with Crippen molar-refractivity contribution in [3.8, 4) is 0 Å². The summed E-state index contributed by atoms with van der Waals surface area (Å²) in [4.78, 5) is 27.6. The van der Waals surface area contributed by atoms with Crippen LogP contribution in [-0.4, -0.2) is 33.0 Å². The normalized spacial score (nSPS) is 10.8. The minimum absolute atomic E-state index is 0.171. The van der Waals surface area contributed by atoms with Gasteiger partial charge in [0.15, 0.2) is 5.82 Å². The topological polar surface area (TPSA) is 100 Å². The highest BCUT2D eigenvalue weighted by atomic mass is 35.5. The van der Waals surface area contributed by atoms with E-state index in [-0.39, 0.29) is 24.8 Å². The average molecular weight is 427 g/mol. The van der Waals surface area contributed by atoms with Gasteiger partial charge < -0.3 is 16.0 Å². The lowest BCUT2D eigenvalue weighted by atomic mass is 10.2. The van der Waals surface area contributed by atoms with Gasteiger partial charge in [-0.3, -0.25) is 9.59 Å². The van der Waals surface area contributed by atoms with Gasteiger partial charge in [0.1, 0.15) is 0 Å². The number of hydrogen-bond donors (Lipinski definition) is 3. The number of aromatic nitrogens is 3. The highest BCUT2D eigenvalue weighted by Gasteiger charge is 2.11. The van der Waals surface area contributed by atoms with Gasteiger partial charge in [-0.25, -0.2) is 4.52 Å². The van der Waals surface area contributed by atoms with Crippen molar-refractivity contribution >= 4 is 62.3 Å². The number of nitrogens with one attached hydrogen (secondary N) is 3. The van der Waals surface area contributed by atoms with Gasteiger partial charge in [-0.1, -0.05) is 40.6 Å². The molecule has 0 fully saturated rings. The largest absolute Gasteiger partial charge is 0.356 e. The van der Waals surface area contributed by atoms with E-state index < -0.39 is 0 Å². The van der Waals surface area contributed by atoms with Crippen molar-refractivity contribution in [2.75, 3.05) is 17.2 Å². The first kappa shape index (κ1) is 19.4. The van der Waals surface area contributed by atoms with Crippen LogP contribution in [0.1, 0.15) is 18.9 Å². The number of fused-ring (bicyclic) bond motifs is 1. The molecule has 3 N–H and O–H groups in total. The van der Waals surface area contributed by atoms with E-state index in [4.69, 9.17) is 23.2 Å². The molecule has 0 aliphatic carbocycles. The van der Waals surface area contributed by atoms with Crippen LogP contribution in [0.3, 0.4) is 0 Å². The third kappa shape index (κ3) is 5.31. The molecule has 0 bridgehead atoms. The predicted molar refractivity (Wildman–Crippen MR) is 107 cm³/mol. The van der Waals surface area contributed by atoms with Crippen molar-refractivity contribution in [1.29, 1.82) is 0 Å². The molecule has 0 spiro atoms. The molecule has 27 heavy (non-hydrogen) atoms. The fraction of sp³-hybridized carbons (Fsp3) is 0.250. The second kappa shape index (κ2) is 8.55. The Balaban J connectivity index is 1.55. The van der Waals surface area contributed by atoms with E-state index in [1.165, 1.54) is 18.3 Å². The lowest BCUT2D eigenvalue weighted by Crippen LogP contribution is -2.25. The van der Waals surface area contributed by atoms with Crippen LogP contribution in [0.15, 0.2) is 24.4 Å². The number of carbonyl (C=O) groups is 2. The van der Waals surface area contributed by atoms with Crippen LogP contribution in [0.25, 0.3) is 4.96 Å².